The van der Waals surface area contributed by atoms with Crippen LogP contribution in [0.15, 0.2) is 11.9 Å². The van der Waals surface area contributed by atoms with Gasteiger partial charge in [0.15, 0.2) is 5.78 Å². The average Bonchev–Trinajstić information content (AvgIpc) is 2.44. The van der Waals surface area contributed by atoms with E-state index < -0.39 is 0 Å². The molecule has 0 aromatic carbocycles. The fourth-order valence-electron chi connectivity index (χ4n) is 1.19. The first-order chi connectivity index (χ1) is 10.1. The first-order valence-electron chi connectivity index (χ1n) is 6.79. The summed E-state index contributed by atoms with van der Waals surface area (Å²) in [6.45, 7) is 5.41. The van der Waals surface area contributed by atoms with Crippen molar-refractivity contribution < 1.29 is 23.7 Å². The molecule has 0 saturated heterocycles. The highest BCUT2D eigenvalue weighted by molar-refractivity contribution is 5.92. The number of allylic oxidation sites excluding steroid dienone is 1. The van der Waals surface area contributed by atoms with Gasteiger partial charge in [0.2, 0.25) is 0 Å². The molecule has 0 rings (SSSR count). The Morgan fingerprint density at radius 3 is 1.95 bits per heavy atom. The Morgan fingerprint density at radius 1 is 1.00 bits per heavy atom. The lowest BCUT2D eigenvalue weighted by molar-refractivity contribution is -0.113. The highest BCUT2D eigenvalue weighted by Gasteiger charge is 2.00. The van der Waals surface area contributed by atoms with Crippen LogP contribution >= 0.6 is 0 Å². The Labute approximate surface area is 125 Å². The lowest BCUT2D eigenvalue weighted by Crippen LogP contribution is -2.31. The summed E-state index contributed by atoms with van der Waals surface area (Å²) in [6.07, 6.45) is 1.39. The summed E-state index contributed by atoms with van der Waals surface area (Å²) in [6, 6.07) is 0. The van der Waals surface area contributed by atoms with Crippen molar-refractivity contribution in [1.29, 1.82) is 0 Å². The molecule has 0 radical (unpaired) electrons. The predicted molar refractivity (Wildman–Crippen MR) is 78.2 cm³/mol. The Hall–Kier alpha value is -1.19. The topological polar surface area (TPSA) is 109 Å². The SMILES string of the molecule is COCCOCCOCCOCCN(N)/C=C(\N)C(C)=O. The molecule has 21 heavy (non-hydrogen) atoms. The number of hydrogen-bond donors (Lipinski definition) is 2. The quantitative estimate of drug-likeness (QED) is 0.187. The summed E-state index contributed by atoms with van der Waals surface area (Å²) >= 11 is 0. The van der Waals surface area contributed by atoms with Crippen LogP contribution in [0.25, 0.3) is 0 Å². The van der Waals surface area contributed by atoms with E-state index in [1.807, 2.05) is 0 Å². The molecule has 0 heterocycles. The lowest BCUT2D eigenvalue weighted by atomic mass is 10.3. The predicted octanol–water partition coefficient (Wildman–Crippen LogP) is -0.753. The van der Waals surface area contributed by atoms with Crippen molar-refractivity contribution in [3.8, 4) is 0 Å². The Kier molecular flexibility index (Phi) is 13.0. The molecule has 0 aromatic rings. The zero-order valence-electron chi connectivity index (χ0n) is 12.9. The number of ketones is 1. The molecule has 8 heteroatoms. The van der Waals surface area contributed by atoms with Crippen LogP contribution in [0.1, 0.15) is 6.92 Å². The van der Waals surface area contributed by atoms with E-state index in [9.17, 15) is 4.79 Å². The third-order valence-electron chi connectivity index (χ3n) is 2.38. The molecule has 0 aliphatic rings. The Balaban J connectivity index is 3.32. The minimum absolute atomic E-state index is 0.120. The van der Waals surface area contributed by atoms with Crippen LogP contribution in [0, 0.1) is 0 Å². The fraction of sp³-hybridized carbons (Fsp3) is 0.769. The maximum absolute atomic E-state index is 10.9. The molecule has 0 amide bonds. The Bertz CT molecular complexity index is 300. The van der Waals surface area contributed by atoms with Crippen LogP contribution in [-0.2, 0) is 23.7 Å². The summed E-state index contributed by atoms with van der Waals surface area (Å²) in [7, 11) is 1.63. The second-order valence-corrected chi connectivity index (χ2v) is 4.21. The molecule has 124 valence electrons. The monoisotopic (exact) mass is 305 g/mol. The summed E-state index contributed by atoms with van der Waals surface area (Å²) in [5.74, 6) is 5.40. The minimum Gasteiger partial charge on any atom is -0.395 e. The molecule has 0 spiro atoms. The number of hydrazine groups is 1. The standard InChI is InChI=1S/C13H27N3O5/c1-12(17)13(14)11-16(15)3-4-19-7-8-21-10-9-20-6-5-18-2/h11H,3-10,14-15H2,1-2H3/b13-11-. The number of nitrogens with two attached hydrogens (primary N) is 2. The van der Waals surface area contributed by atoms with Crippen molar-refractivity contribution in [3.63, 3.8) is 0 Å². The van der Waals surface area contributed by atoms with Gasteiger partial charge in [0.25, 0.3) is 0 Å². The highest BCUT2D eigenvalue weighted by atomic mass is 16.6. The molecule has 0 fully saturated rings. The first-order valence-corrected chi connectivity index (χ1v) is 6.79. The normalized spacial score (nSPS) is 11.7. The van der Waals surface area contributed by atoms with Crippen molar-refractivity contribution in [1.82, 2.24) is 5.01 Å². The van der Waals surface area contributed by atoms with Crippen molar-refractivity contribution in [2.75, 3.05) is 59.9 Å². The van der Waals surface area contributed by atoms with Crippen molar-refractivity contribution >= 4 is 5.78 Å². The summed E-state index contributed by atoms with van der Waals surface area (Å²) in [5.41, 5.74) is 5.58. The molecule has 8 nitrogen and oxygen atoms in total. The van der Waals surface area contributed by atoms with E-state index in [1.54, 1.807) is 7.11 Å². The third kappa shape index (κ3) is 13.5. The van der Waals surface area contributed by atoms with Crippen LogP contribution in [-0.4, -0.2) is 70.7 Å². The van der Waals surface area contributed by atoms with Gasteiger partial charge in [-0.15, -0.1) is 0 Å². The van der Waals surface area contributed by atoms with E-state index in [0.717, 1.165) is 0 Å². The molecule has 0 aliphatic heterocycles. The smallest absolute Gasteiger partial charge is 0.176 e. The zero-order chi connectivity index (χ0) is 15.9. The van der Waals surface area contributed by atoms with E-state index in [0.29, 0.717) is 52.8 Å². The van der Waals surface area contributed by atoms with E-state index >= 15 is 0 Å². The lowest BCUT2D eigenvalue weighted by Gasteiger charge is -2.14. The minimum atomic E-state index is -0.215. The van der Waals surface area contributed by atoms with E-state index in [-0.39, 0.29) is 11.5 Å². The number of nitrogens with zero attached hydrogens (tertiary/aromatic N) is 1. The summed E-state index contributed by atoms with van der Waals surface area (Å²) < 4.78 is 20.7. The third-order valence-corrected chi connectivity index (χ3v) is 2.38. The Morgan fingerprint density at radius 2 is 1.48 bits per heavy atom. The number of carbonyl (C=O) groups is 1. The fourth-order valence-corrected chi connectivity index (χ4v) is 1.19. The average molecular weight is 305 g/mol. The molecule has 0 aromatic heterocycles. The van der Waals surface area contributed by atoms with E-state index in [4.69, 9.17) is 30.5 Å². The molecule has 0 unspecified atom stereocenters. The molecule has 0 bridgehead atoms. The van der Waals surface area contributed by atoms with Gasteiger partial charge in [0, 0.05) is 20.2 Å². The highest BCUT2D eigenvalue weighted by Crippen LogP contribution is 1.89. The van der Waals surface area contributed by atoms with Gasteiger partial charge in [-0.25, -0.2) is 5.84 Å². The maximum Gasteiger partial charge on any atom is 0.176 e. The van der Waals surface area contributed by atoms with Gasteiger partial charge < -0.3 is 29.7 Å². The van der Waals surface area contributed by atoms with Crippen LogP contribution in [0.2, 0.25) is 0 Å². The van der Waals surface area contributed by atoms with Gasteiger partial charge in [-0.05, 0) is 0 Å². The largest absolute Gasteiger partial charge is 0.395 e. The molecule has 0 aliphatic carbocycles. The number of methoxy groups -OCH3 is 1. The second kappa shape index (κ2) is 13.8. The number of ether oxygens (including phenoxy) is 4. The number of hydrogen-bond acceptors (Lipinski definition) is 8. The molecule has 4 N–H and O–H groups in total. The number of rotatable bonds is 14. The second-order valence-electron chi connectivity index (χ2n) is 4.21. The van der Waals surface area contributed by atoms with Gasteiger partial charge in [0.1, 0.15) is 0 Å². The van der Waals surface area contributed by atoms with Crippen molar-refractivity contribution in [3.05, 3.63) is 11.9 Å². The van der Waals surface area contributed by atoms with E-state index in [2.05, 4.69) is 0 Å². The van der Waals surface area contributed by atoms with Crippen LogP contribution in [0.5, 0.6) is 0 Å². The number of carbonyl (C=O) groups excluding carboxylic acids is 1. The zero-order valence-corrected chi connectivity index (χ0v) is 12.9. The maximum atomic E-state index is 10.9. The summed E-state index contributed by atoms with van der Waals surface area (Å²) in [5, 5.41) is 1.32. The van der Waals surface area contributed by atoms with Crippen molar-refractivity contribution in [2.24, 2.45) is 11.6 Å². The molecular formula is C13H27N3O5. The van der Waals surface area contributed by atoms with E-state index in [1.165, 1.54) is 18.1 Å². The van der Waals surface area contributed by atoms with Crippen LogP contribution < -0.4 is 11.6 Å². The molecule has 0 saturated carbocycles. The molecule has 0 atom stereocenters. The van der Waals surface area contributed by atoms with Gasteiger partial charge in [-0.2, -0.15) is 0 Å². The van der Waals surface area contributed by atoms with Gasteiger partial charge in [0.05, 0.1) is 58.5 Å². The number of Topliss-reactive ketones (excluding diaryl/α,β-unsaturated/α-hetero) is 1. The van der Waals surface area contributed by atoms with Crippen molar-refractivity contribution in [2.45, 2.75) is 6.92 Å². The first kappa shape index (κ1) is 19.8. The summed E-state index contributed by atoms with van der Waals surface area (Å²) in [4.78, 5) is 10.9. The van der Waals surface area contributed by atoms with Crippen LogP contribution in [0.4, 0.5) is 0 Å². The van der Waals surface area contributed by atoms with Gasteiger partial charge in [-0.3, -0.25) is 4.79 Å². The van der Waals surface area contributed by atoms with Gasteiger partial charge >= 0.3 is 0 Å². The van der Waals surface area contributed by atoms with Crippen LogP contribution in [0.3, 0.4) is 0 Å². The van der Waals surface area contributed by atoms with Gasteiger partial charge in [-0.1, -0.05) is 0 Å². The molecular weight excluding hydrogens is 278 g/mol.